The van der Waals surface area contributed by atoms with E-state index in [1.807, 2.05) is 12.1 Å². The lowest BCUT2D eigenvalue weighted by Gasteiger charge is -2.31. The SMILES string of the molecule is COc1cc(OC)cc(C2C(C#N)=C(N)OC3=C2CCCC3=O)c1. The molecular formula is C18H18N2O4. The molecule has 1 aromatic rings. The molecule has 6 heteroatoms. The first-order chi connectivity index (χ1) is 11.6. The molecule has 0 radical (unpaired) electrons. The van der Waals surface area contributed by atoms with Gasteiger partial charge in [-0.1, -0.05) is 0 Å². The Morgan fingerprint density at radius 3 is 2.46 bits per heavy atom. The van der Waals surface area contributed by atoms with Gasteiger partial charge in [-0.3, -0.25) is 4.79 Å². The number of nitrogens with two attached hydrogens (primary N) is 1. The molecule has 2 N–H and O–H groups in total. The third-order valence-corrected chi connectivity index (χ3v) is 4.34. The highest BCUT2D eigenvalue weighted by Gasteiger charge is 2.37. The van der Waals surface area contributed by atoms with Crippen molar-refractivity contribution in [1.82, 2.24) is 0 Å². The predicted molar refractivity (Wildman–Crippen MR) is 86.1 cm³/mol. The number of methoxy groups -OCH3 is 2. The summed E-state index contributed by atoms with van der Waals surface area (Å²) in [6.45, 7) is 0. The van der Waals surface area contributed by atoms with Crippen LogP contribution >= 0.6 is 0 Å². The third-order valence-electron chi connectivity index (χ3n) is 4.34. The first kappa shape index (κ1) is 15.9. The van der Waals surface area contributed by atoms with E-state index in [9.17, 15) is 10.1 Å². The van der Waals surface area contributed by atoms with Crippen molar-refractivity contribution >= 4 is 5.78 Å². The van der Waals surface area contributed by atoms with Crippen LogP contribution in [-0.4, -0.2) is 20.0 Å². The zero-order valence-corrected chi connectivity index (χ0v) is 13.6. The number of ketones is 1. The van der Waals surface area contributed by atoms with Crippen LogP contribution in [0, 0.1) is 11.3 Å². The van der Waals surface area contributed by atoms with Gasteiger partial charge in [-0.15, -0.1) is 0 Å². The monoisotopic (exact) mass is 326 g/mol. The normalized spacial score (nSPS) is 20.2. The Morgan fingerprint density at radius 1 is 1.21 bits per heavy atom. The van der Waals surface area contributed by atoms with E-state index in [1.54, 1.807) is 20.3 Å². The quantitative estimate of drug-likeness (QED) is 0.917. The molecule has 1 aliphatic heterocycles. The summed E-state index contributed by atoms with van der Waals surface area (Å²) in [4.78, 5) is 12.2. The van der Waals surface area contributed by atoms with Crippen molar-refractivity contribution in [2.24, 2.45) is 5.73 Å². The van der Waals surface area contributed by atoms with Crippen molar-refractivity contribution in [3.05, 3.63) is 46.6 Å². The van der Waals surface area contributed by atoms with Crippen molar-refractivity contribution in [1.29, 1.82) is 5.26 Å². The fraction of sp³-hybridized carbons (Fsp3) is 0.333. The van der Waals surface area contributed by atoms with Crippen LogP contribution in [0.2, 0.25) is 0 Å². The highest BCUT2D eigenvalue weighted by atomic mass is 16.5. The Balaban J connectivity index is 2.20. The molecule has 1 atom stereocenters. The highest BCUT2D eigenvalue weighted by molar-refractivity contribution is 5.96. The molecule has 1 aromatic carbocycles. The fourth-order valence-corrected chi connectivity index (χ4v) is 3.21. The van der Waals surface area contributed by atoms with Crippen LogP contribution in [0.4, 0.5) is 0 Å². The molecule has 0 fully saturated rings. The number of carbonyl (C=O) groups is 1. The van der Waals surface area contributed by atoms with Crippen molar-refractivity contribution in [3.8, 4) is 17.6 Å². The maximum Gasteiger partial charge on any atom is 0.205 e. The molecule has 0 aromatic heterocycles. The molecule has 24 heavy (non-hydrogen) atoms. The van der Waals surface area contributed by atoms with Gasteiger partial charge in [0.05, 0.1) is 14.2 Å². The summed E-state index contributed by atoms with van der Waals surface area (Å²) in [5.41, 5.74) is 7.80. The van der Waals surface area contributed by atoms with Gasteiger partial charge in [0.25, 0.3) is 0 Å². The molecule has 1 aliphatic carbocycles. The molecule has 1 unspecified atom stereocenters. The molecule has 0 saturated carbocycles. The number of nitriles is 1. The number of Topliss-reactive ketones (excluding diaryl/α,β-unsaturated/α-hetero) is 1. The zero-order valence-electron chi connectivity index (χ0n) is 13.6. The molecule has 3 rings (SSSR count). The van der Waals surface area contributed by atoms with Gasteiger partial charge in [0, 0.05) is 18.4 Å². The summed E-state index contributed by atoms with van der Waals surface area (Å²) >= 11 is 0. The summed E-state index contributed by atoms with van der Waals surface area (Å²) in [5, 5.41) is 9.56. The molecule has 0 spiro atoms. The average molecular weight is 326 g/mol. The van der Waals surface area contributed by atoms with Gasteiger partial charge in [0.2, 0.25) is 5.88 Å². The number of carbonyl (C=O) groups excluding carboxylic acids is 1. The fourth-order valence-electron chi connectivity index (χ4n) is 3.21. The minimum atomic E-state index is -0.424. The van der Waals surface area contributed by atoms with Crippen LogP contribution < -0.4 is 15.2 Å². The van der Waals surface area contributed by atoms with Gasteiger partial charge in [-0.2, -0.15) is 5.26 Å². The van der Waals surface area contributed by atoms with Crippen molar-refractivity contribution in [3.63, 3.8) is 0 Å². The van der Waals surface area contributed by atoms with Gasteiger partial charge in [-0.05, 0) is 36.1 Å². The van der Waals surface area contributed by atoms with Crippen LogP contribution in [0.3, 0.4) is 0 Å². The van der Waals surface area contributed by atoms with E-state index in [4.69, 9.17) is 19.9 Å². The van der Waals surface area contributed by atoms with E-state index in [0.717, 1.165) is 17.6 Å². The summed E-state index contributed by atoms with van der Waals surface area (Å²) < 4.78 is 16.1. The van der Waals surface area contributed by atoms with E-state index in [1.165, 1.54) is 0 Å². The second-order valence-electron chi connectivity index (χ2n) is 5.70. The minimum absolute atomic E-state index is 0.0155. The zero-order chi connectivity index (χ0) is 17.3. The first-order valence-electron chi connectivity index (χ1n) is 7.65. The van der Waals surface area contributed by atoms with Gasteiger partial charge < -0.3 is 19.9 Å². The number of allylic oxidation sites excluding steroid dienone is 3. The van der Waals surface area contributed by atoms with Crippen molar-refractivity contribution in [2.45, 2.75) is 25.2 Å². The lowest BCUT2D eigenvalue weighted by atomic mass is 9.78. The highest BCUT2D eigenvalue weighted by Crippen LogP contribution is 2.45. The summed E-state index contributed by atoms with van der Waals surface area (Å²) in [5.74, 6) is 0.984. The van der Waals surface area contributed by atoms with Gasteiger partial charge in [0.15, 0.2) is 11.5 Å². The van der Waals surface area contributed by atoms with E-state index >= 15 is 0 Å². The smallest absolute Gasteiger partial charge is 0.205 e. The van der Waals surface area contributed by atoms with Crippen LogP contribution in [-0.2, 0) is 9.53 Å². The Kier molecular flexibility index (Phi) is 4.17. The molecule has 2 aliphatic rings. The standard InChI is InChI=1S/C18H18N2O4/c1-22-11-6-10(7-12(8-11)23-2)16-13-4-3-5-15(21)17(13)24-18(20)14(16)9-19/h6-8,16H,3-5,20H2,1-2H3. The maximum atomic E-state index is 12.2. The molecule has 0 amide bonds. The number of hydrogen-bond donors (Lipinski definition) is 1. The van der Waals surface area contributed by atoms with Crippen LogP contribution in [0.1, 0.15) is 30.7 Å². The van der Waals surface area contributed by atoms with Crippen LogP contribution in [0.5, 0.6) is 11.5 Å². The maximum absolute atomic E-state index is 12.2. The lowest BCUT2D eigenvalue weighted by molar-refractivity contribution is -0.119. The number of benzene rings is 1. The summed E-state index contributed by atoms with van der Waals surface area (Å²) in [6, 6.07) is 7.53. The van der Waals surface area contributed by atoms with Gasteiger partial charge in [0.1, 0.15) is 23.1 Å². The summed E-state index contributed by atoms with van der Waals surface area (Å²) in [6.07, 6.45) is 1.85. The largest absolute Gasteiger partial charge is 0.497 e. The van der Waals surface area contributed by atoms with E-state index in [-0.39, 0.29) is 17.4 Å². The van der Waals surface area contributed by atoms with Crippen LogP contribution in [0.15, 0.2) is 41.0 Å². The van der Waals surface area contributed by atoms with Crippen molar-refractivity contribution in [2.75, 3.05) is 14.2 Å². The van der Waals surface area contributed by atoms with Gasteiger partial charge in [-0.25, -0.2) is 0 Å². The minimum Gasteiger partial charge on any atom is -0.497 e. The second-order valence-corrected chi connectivity index (χ2v) is 5.70. The molecular weight excluding hydrogens is 308 g/mol. The number of nitrogens with zero attached hydrogens (tertiary/aromatic N) is 1. The molecule has 0 saturated heterocycles. The Labute approximate surface area is 140 Å². The number of ether oxygens (including phenoxy) is 3. The first-order valence-corrected chi connectivity index (χ1v) is 7.65. The van der Waals surface area contributed by atoms with E-state index < -0.39 is 5.92 Å². The Morgan fingerprint density at radius 2 is 1.88 bits per heavy atom. The van der Waals surface area contributed by atoms with Crippen LogP contribution in [0.25, 0.3) is 0 Å². The van der Waals surface area contributed by atoms with E-state index in [2.05, 4.69) is 6.07 Å². The molecule has 6 nitrogen and oxygen atoms in total. The second kappa shape index (κ2) is 6.28. The van der Waals surface area contributed by atoms with Gasteiger partial charge >= 0.3 is 0 Å². The molecule has 124 valence electrons. The average Bonchev–Trinajstić information content (AvgIpc) is 2.60. The van der Waals surface area contributed by atoms with Crippen molar-refractivity contribution < 1.29 is 19.0 Å². The lowest BCUT2D eigenvalue weighted by Crippen LogP contribution is -2.26. The van der Waals surface area contributed by atoms with E-state index in [0.29, 0.717) is 29.9 Å². The Hall–Kier alpha value is -2.94. The molecule has 1 heterocycles. The number of rotatable bonds is 3. The third kappa shape index (κ3) is 2.58. The Bertz CT molecular complexity index is 779. The number of hydrogen-bond acceptors (Lipinski definition) is 6. The summed E-state index contributed by atoms with van der Waals surface area (Å²) in [7, 11) is 3.12. The molecule has 0 bridgehead atoms. The topological polar surface area (TPSA) is 94.6 Å². The predicted octanol–water partition coefficient (Wildman–Crippen LogP) is 2.52.